The van der Waals surface area contributed by atoms with Crippen molar-refractivity contribution in [3.8, 4) is 0 Å². The molecule has 1 aliphatic rings. The lowest BCUT2D eigenvalue weighted by molar-refractivity contribution is 0.0515. The van der Waals surface area contributed by atoms with Crippen LogP contribution in [0.1, 0.15) is 50.2 Å². The van der Waals surface area contributed by atoms with Gasteiger partial charge in [0, 0.05) is 38.3 Å². The van der Waals surface area contributed by atoms with Crippen LogP contribution < -0.4 is 0 Å². The minimum atomic E-state index is -0.316. The van der Waals surface area contributed by atoms with Gasteiger partial charge in [0.15, 0.2) is 0 Å². The van der Waals surface area contributed by atoms with Crippen LogP contribution in [-0.4, -0.2) is 65.3 Å². The molecule has 6 nitrogen and oxygen atoms in total. The summed E-state index contributed by atoms with van der Waals surface area (Å²) in [5.41, 5.74) is 1.80. The van der Waals surface area contributed by atoms with Gasteiger partial charge < -0.3 is 9.64 Å². The zero-order valence-electron chi connectivity index (χ0n) is 14.9. The number of H-pyrrole nitrogens is 1. The predicted octanol–water partition coefficient (Wildman–Crippen LogP) is 2.14. The summed E-state index contributed by atoms with van der Waals surface area (Å²) in [6.45, 7) is 15.2. The first-order valence-electron chi connectivity index (χ1n) is 8.53. The Hall–Kier alpha value is -1.40. The fourth-order valence-electron chi connectivity index (χ4n) is 2.72. The fraction of sp³-hybridized carbons (Fsp3) is 0.765. The molecule has 2 rings (SSSR count). The molecule has 0 radical (unpaired) electrons. The number of hydrogen-bond acceptors (Lipinski definition) is 5. The molecule has 0 aromatic carbocycles. The van der Waals surface area contributed by atoms with Crippen molar-refractivity contribution in [1.29, 1.82) is 0 Å². The van der Waals surface area contributed by atoms with E-state index >= 15 is 0 Å². The standard InChI is InChI=1S/C17H30N4O2/c1-5-23-16(22)15-14(12-18-19-15)13-21-10-8-20(9-11-21)7-6-17(2,3)4/h12H,5-11,13H2,1-4H3,(H,18,19). The number of piperazine rings is 1. The van der Waals surface area contributed by atoms with Gasteiger partial charge in [-0.2, -0.15) is 5.10 Å². The summed E-state index contributed by atoms with van der Waals surface area (Å²) in [6.07, 6.45) is 2.96. The van der Waals surface area contributed by atoms with Gasteiger partial charge in [-0.1, -0.05) is 20.8 Å². The monoisotopic (exact) mass is 322 g/mol. The van der Waals surface area contributed by atoms with Crippen molar-refractivity contribution in [2.24, 2.45) is 5.41 Å². The Morgan fingerprint density at radius 2 is 1.91 bits per heavy atom. The van der Waals surface area contributed by atoms with Crippen molar-refractivity contribution in [2.45, 2.75) is 40.7 Å². The van der Waals surface area contributed by atoms with E-state index in [0.717, 1.165) is 44.8 Å². The predicted molar refractivity (Wildman–Crippen MR) is 90.3 cm³/mol. The van der Waals surface area contributed by atoms with Gasteiger partial charge in [-0.3, -0.25) is 10.00 Å². The Bertz CT molecular complexity index is 499. The minimum Gasteiger partial charge on any atom is -0.461 e. The highest BCUT2D eigenvalue weighted by molar-refractivity contribution is 5.88. The van der Waals surface area contributed by atoms with E-state index in [9.17, 15) is 4.79 Å². The Balaban J connectivity index is 1.81. The average molecular weight is 322 g/mol. The first-order valence-corrected chi connectivity index (χ1v) is 8.53. The van der Waals surface area contributed by atoms with Crippen molar-refractivity contribution >= 4 is 5.97 Å². The van der Waals surface area contributed by atoms with Gasteiger partial charge in [0.25, 0.3) is 0 Å². The molecule has 0 atom stereocenters. The molecule has 130 valence electrons. The van der Waals surface area contributed by atoms with E-state index in [0.29, 0.717) is 17.7 Å². The van der Waals surface area contributed by atoms with E-state index in [1.54, 1.807) is 6.20 Å². The van der Waals surface area contributed by atoms with Crippen LogP contribution in [-0.2, 0) is 11.3 Å². The molecule has 6 heteroatoms. The number of carbonyl (C=O) groups is 1. The minimum absolute atomic E-state index is 0.316. The maximum atomic E-state index is 11.9. The van der Waals surface area contributed by atoms with Crippen LogP contribution in [0.25, 0.3) is 0 Å². The molecule has 1 fully saturated rings. The lowest BCUT2D eigenvalue weighted by Crippen LogP contribution is -2.46. The van der Waals surface area contributed by atoms with E-state index in [1.165, 1.54) is 6.42 Å². The molecule has 23 heavy (non-hydrogen) atoms. The van der Waals surface area contributed by atoms with Crippen LogP contribution in [0, 0.1) is 5.41 Å². The number of carbonyl (C=O) groups excluding carboxylic acids is 1. The second-order valence-electron chi connectivity index (χ2n) is 7.42. The quantitative estimate of drug-likeness (QED) is 0.813. The second kappa shape index (κ2) is 7.93. The van der Waals surface area contributed by atoms with Crippen molar-refractivity contribution in [3.05, 3.63) is 17.5 Å². The molecule has 0 aliphatic carbocycles. The second-order valence-corrected chi connectivity index (χ2v) is 7.42. The number of aromatic amines is 1. The largest absolute Gasteiger partial charge is 0.461 e. The Morgan fingerprint density at radius 1 is 1.26 bits per heavy atom. The highest BCUT2D eigenvalue weighted by atomic mass is 16.5. The molecular formula is C17H30N4O2. The summed E-state index contributed by atoms with van der Waals surface area (Å²) in [5.74, 6) is -0.316. The summed E-state index contributed by atoms with van der Waals surface area (Å²) >= 11 is 0. The van der Waals surface area contributed by atoms with Crippen LogP contribution >= 0.6 is 0 Å². The summed E-state index contributed by atoms with van der Waals surface area (Å²) in [6, 6.07) is 0. The van der Waals surface area contributed by atoms with Crippen LogP contribution in [0.15, 0.2) is 6.20 Å². The highest BCUT2D eigenvalue weighted by Gasteiger charge is 2.22. The van der Waals surface area contributed by atoms with E-state index in [4.69, 9.17) is 4.74 Å². The molecule has 0 saturated carbocycles. The Morgan fingerprint density at radius 3 is 2.52 bits per heavy atom. The molecule has 0 unspecified atom stereocenters. The number of ether oxygens (including phenoxy) is 1. The molecule has 1 aliphatic heterocycles. The van der Waals surface area contributed by atoms with Gasteiger partial charge >= 0.3 is 5.97 Å². The van der Waals surface area contributed by atoms with E-state index < -0.39 is 0 Å². The Kier molecular flexibility index (Phi) is 6.18. The zero-order valence-corrected chi connectivity index (χ0v) is 14.9. The molecule has 1 aromatic rings. The average Bonchev–Trinajstić information content (AvgIpc) is 2.94. The van der Waals surface area contributed by atoms with E-state index in [1.807, 2.05) is 6.92 Å². The van der Waals surface area contributed by atoms with Crippen LogP contribution in [0.3, 0.4) is 0 Å². The molecule has 1 aromatic heterocycles. The molecule has 0 amide bonds. The third-order valence-corrected chi connectivity index (χ3v) is 4.23. The maximum Gasteiger partial charge on any atom is 0.356 e. The molecule has 1 saturated heterocycles. The van der Waals surface area contributed by atoms with Gasteiger partial charge in [-0.25, -0.2) is 4.79 Å². The van der Waals surface area contributed by atoms with Gasteiger partial charge in [0.1, 0.15) is 5.69 Å². The SMILES string of the molecule is CCOC(=O)c1[nH]ncc1CN1CCN(CCC(C)(C)C)CC1. The highest BCUT2D eigenvalue weighted by Crippen LogP contribution is 2.19. The fourth-order valence-corrected chi connectivity index (χ4v) is 2.72. The topological polar surface area (TPSA) is 61.5 Å². The summed E-state index contributed by atoms with van der Waals surface area (Å²) in [4.78, 5) is 16.8. The molecule has 0 spiro atoms. The first kappa shape index (κ1) is 17.9. The summed E-state index contributed by atoms with van der Waals surface area (Å²) in [7, 11) is 0. The third-order valence-electron chi connectivity index (χ3n) is 4.23. The van der Waals surface area contributed by atoms with Crippen molar-refractivity contribution in [3.63, 3.8) is 0 Å². The van der Waals surface area contributed by atoms with Gasteiger partial charge in [0.2, 0.25) is 0 Å². The lowest BCUT2D eigenvalue weighted by Gasteiger charge is -2.35. The van der Waals surface area contributed by atoms with Crippen molar-refractivity contribution in [2.75, 3.05) is 39.3 Å². The van der Waals surface area contributed by atoms with Crippen molar-refractivity contribution < 1.29 is 9.53 Å². The Labute approximate surface area is 139 Å². The van der Waals surface area contributed by atoms with E-state index in [2.05, 4.69) is 40.8 Å². The van der Waals surface area contributed by atoms with Crippen LogP contribution in [0.4, 0.5) is 0 Å². The maximum absolute atomic E-state index is 11.9. The number of nitrogens with one attached hydrogen (secondary N) is 1. The molecule has 2 heterocycles. The number of esters is 1. The summed E-state index contributed by atoms with van der Waals surface area (Å²) in [5, 5.41) is 6.76. The third kappa shape index (κ3) is 5.62. The number of aromatic nitrogens is 2. The van der Waals surface area contributed by atoms with E-state index in [-0.39, 0.29) is 5.97 Å². The van der Waals surface area contributed by atoms with Gasteiger partial charge in [-0.05, 0) is 25.3 Å². The molecular weight excluding hydrogens is 292 g/mol. The van der Waals surface area contributed by atoms with Crippen molar-refractivity contribution in [1.82, 2.24) is 20.0 Å². The number of hydrogen-bond donors (Lipinski definition) is 1. The van der Waals surface area contributed by atoms with Crippen LogP contribution in [0.2, 0.25) is 0 Å². The van der Waals surface area contributed by atoms with Gasteiger partial charge in [0.05, 0.1) is 12.8 Å². The smallest absolute Gasteiger partial charge is 0.356 e. The zero-order chi connectivity index (χ0) is 16.9. The number of rotatable bonds is 6. The van der Waals surface area contributed by atoms with Gasteiger partial charge in [-0.15, -0.1) is 0 Å². The first-order chi connectivity index (χ1) is 10.9. The lowest BCUT2D eigenvalue weighted by atomic mass is 9.92. The molecule has 1 N–H and O–H groups in total. The molecule has 0 bridgehead atoms. The van der Waals surface area contributed by atoms with Crippen LogP contribution in [0.5, 0.6) is 0 Å². The number of nitrogens with zero attached hydrogens (tertiary/aromatic N) is 3. The normalized spacial score (nSPS) is 17.4. The summed E-state index contributed by atoms with van der Waals surface area (Å²) < 4.78 is 5.06.